The average molecular weight is 152 g/mol. The normalized spacial score (nSPS) is 30.2. The van der Waals surface area contributed by atoms with Gasteiger partial charge in [-0.1, -0.05) is 0 Å². The maximum Gasteiger partial charge on any atom is 0.0211 e. The molecule has 1 saturated carbocycles. The monoisotopic (exact) mass is 152 g/mol. The van der Waals surface area contributed by atoms with Crippen LogP contribution in [0.5, 0.6) is 0 Å². The molecule has 0 heterocycles. The molecule has 11 heavy (non-hydrogen) atoms. The van der Waals surface area contributed by atoms with E-state index >= 15 is 0 Å². The Bertz CT molecular complexity index is 148. The molecule has 0 aromatic heterocycles. The minimum atomic E-state index is 0.415. The zero-order chi connectivity index (χ0) is 8.10. The summed E-state index contributed by atoms with van der Waals surface area (Å²) in [6.45, 7) is 0.938. The summed E-state index contributed by atoms with van der Waals surface area (Å²) in [4.78, 5) is 0. The predicted octanol–water partition coefficient (Wildman–Crippen LogP) is 0.479. The maximum absolute atomic E-state index is 5.75. The Labute approximate surface area is 68.5 Å². The highest BCUT2D eigenvalue weighted by Crippen LogP contribution is 2.16. The fourth-order valence-electron chi connectivity index (χ4n) is 1.55. The summed E-state index contributed by atoms with van der Waals surface area (Å²) < 4.78 is 0. The Morgan fingerprint density at radius 2 is 2.36 bits per heavy atom. The third-order valence-electron chi connectivity index (χ3n) is 2.18. The van der Waals surface area contributed by atoms with Crippen LogP contribution < -0.4 is 11.1 Å². The fourth-order valence-corrected chi connectivity index (χ4v) is 1.55. The Balaban J connectivity index is 2.05. The van der Waals surface area contributed by atoms with E-state index in [1.165, 1.54) is 6.42 Å². The van der Waals surface area contributed by atoms with Gasteiger partial charge < -0.3 is 11.1 Å². The molecule has 0 radical (unpaired) electrons. The zero-order valence-corrected chi connectivity index (χ0v) is 6.84. The molecule has 0 aromatic carbocycles. The number of hydrogen-bond acceptors (Lipinski definition) is 2. The quantitative estimate of drug-likeness (QED) is 0.456. The molecule has 0 saturated heterocycles. The molecule has 2 heteroatoms. The summed E-state index contributed by atoms with van der Waals surface area (Å²) in [5.74, 6) is 2.61. The largest absolute Gasteiger partial charge is 0.328 e. The SMILES string of the molecule is C#CCCNC1CCC(N)C1. The molecule has 1 aliphatic carbocycles. The highest BCUT2D eigenvalue weighted by Gasteiger charge is 2.20. The lowest BCUT2D eigenvalue weighted by Gasteiger charge is -2.09. The van der Waals surface area contributed by atoms with E-state index in [1.807, 2.05) is 0 Å². The average Bonchev–Trinajstić information content (AvgIpc) is 2.37. The van der Waals surface area contributed by atoms with Gasteiger partial charge in [0, 0.05) is 25.0 Å². The van der Waals surface area contributed by atoms with Crippen molar-refractivity contribution in [2.75, 3.05) is 6.54 Å². The van der Waals surface area contributed by atoms with Crippen LogP contribution in [-0.4, -0.2) is 18.6 Å². The molecule has 0 spiro atoms. The first-order valence-electron chi connectivity index (χ1n) is 4.25. The molecule has 1 rings (SSSR count). The van der Waals surface area contributed by atoms with Crippen molar-refractivity contribution in [1.82, 2.24) is 5.32 Å². The summed E-state index contributed by atoms with van der Waals surface area (Å²) in [6, 6.07) is 1.04. The van der Waals surface area contributed by atoms with Gasteiger partial charge in [-0.25, -0.2) is 0 Å². The lowest BCUT2D eigenvalue weighted by atomic mass is 10.2. The first-order valence-corrected chi connectivity index (χ1v) is 4.25. The first-order chi connectivity index (χ1) is 5.33. The van der Waals surface area contributed by atoms with Gasteiger partial charge in [0.2, 0.25) is 0 Å². The van der Waals surface area contributed by atoms with Crippen LogP contribution in [0.3, 0.4) is 0 Å². The molecule has 62 valence electrons. The van der Waals surface area contributed by atoms with Crippen LogP contribution in [0.1, 0.15) is 25.7 Å². The Morgan fingerprint density at radius 1 is 1.55 bits per heavy atom. The topological polar surface area (TPSA) is 38.0 Å². The van der Waals surface area contributed by atoms with Crippen molar-refractivity contribution in [3.05, 3.63) is 0 Å². The standard InChI is InChI=1S/C9H16N2/c1-2-3-6-11-9-5-4-8(10)7-9/h1,8-9,11H,3-7,10H2. The summed E-state index contributed by atoms with van der Waals surface area (Å²) in [5.41, 5.74) is 5.75. The van der Waals surface area contributed by atoms with Crippen LogP contribution >= 0.6 is 0 Å². The van der Waals surface area contributed by atoms with Gasteiger partial charge in [-0.3, -0.25) is 0 Å². The summed E-state index contributed by atoms with van der Waals surface area (Å²) in [5, 5.41) is 3.39. The fraction of sp³-hybridized carbons (Fsp3) is 0.778. The minimum Gasteiger partial charge on any atom is -0.328 e. The van der Waals surface area contributed by atoms with Crippen LogP contribution in [0, 0.1) is 12.3 Å². The summed E-state index contributed by atoms with van der Waals surface area (Å²) >= 11 is 0. The van der Waals surface area contributed by atoms with Gasteiger partial charge in [0.15, 0.2) is 0 Å². The number of rotatable bonds is 3. The van der Waals surface area contributed by atoms with Gasteiger partial charge in [0.1, 0.15) is 0 Å². The van der Waals surface area contributed by atoms with E-state index in [0.29, 0.717) is 12.1 Å². The van der Waals surface area contributed by atoms with Gasteiger partial charge in [-0.15, -0.1) is 12.3 Å². The van der Waals surface area contributed by atoms with E-state index in [2.05, 4.69) is 11.2 Å². The molecule has 1 aliphatic rings. The lowest BCUT2D eigenvalue weighted by molar-refractivity contribution is 0.525. The Morgan fingerprint density at radius 3 is 2.91 bits per heavy atom. The van der Waals surface area contributed by atoms with Crippen molar-refractivity contribution < 1.29 is 0 Å². The second-order valence-electron chi connectivity index (χ2n) is 3.18. The zero-order valence-electron chi connectivity index (χ0n) is 6.84. The van der Waals surface area contributed by atoms with E-state index < -0.39 is 0 Å². The van der Waals surface area contributed by atoms with Gasteiger partial charge >= 0.3 is 0 Å². The van der Waals surface area contributed by atoms with Crippen molar-refractivity contribution in [3.63, 3.8) is 0 Å². The maximum atomic E-state index is 5.75. The molecule has 0 amide bonds. The molecule has 1 fully saturated rings. The molecule has 2 unspecified atom stereocenters. The van der Waals surface area contributed by atoms with Gasteiger partial charge in [0.05, 0.1) is 0 Å². The van der Waals surface area contributed by atoms with Crippen molar-refractivity contribution >= 4 is 0 Å². The number of hydrogen-bond donors (Lipinski definition) is 2. The van der Waals surface area contributed by atoms with Crippen LogP contribution in [0.15, 0.2) is 0 Å². The predicted molar refractivity (Wildman–Crippen MR) is 47.1 cm³/mol. The molecule has 2 nitrogen and oxygen atoms in total. The Kier molecular flexibility index (Phi) is 3.41. The minimum absolute atomic E-state index is 0.415. The molecular formula is C9H16N2. The van der Waals surface area contributed by atoms with Crippen LogP contribution in [0.2, 0.25) is 0 Å². The van der Waals surface area contributed by atoms with Crippen molar-refractivity contribution in [2.45, 2.75) is 37.8 Å². The first kappa shape index (κ1) is 8.58. The van der Waals surface area contributed by atoms with Crippen molar-refractivity contribution in [2.24, 2.45) is 5.73 Å². The number of terminal acetylenes is 1. The van der Waals surface area contributed by atoms with Crippen LogP contribution in [0.4, 0.5) is 0 Å². The van der Waals surface area contributed by atoms with E-state index in [4.69, 9.17) is 12.2 Å². The molecule has 0 bridgehead atoms. The molecule has 3 N–H and O–H groups in total. The van der Waals surface area contributed by atoms with Crippen molar-refractivity contribution in [1.29, 1.82) is 0 Å². The van der Waals surface area contributed by atoms with Gasteiger partial charge in [-0.2, -0.15) is 0 Å². The van der Waals surface area contributed by atoms with Crippen LogP contribution in [-0.2, 0) is 0 Å². The van der Waals surface area contributed by atoms with E-state index in [0.717, 1.165) is 25.8 Å². The lowest BCUT2D eigenvalue weighted by Crippen LogP contribution is -2.29. The summed E-state index contributed by atoms with van der Waals surface area (Å²) in [7, 11) is 0. The van der Waals surface area contributed by atoms with E-state index in [1.54, 1.807) is 0 Å². The second-order valence-corrected chi connectivity index (χ2v) is 3.18. The molecular weight excluding hydrogens is 136 g/mol. The van der Waals surface area contributed by atoms with Crippen molar-refractivity contribution in [3.8, 4) is 12.3 Å². The highest BCUT2D eigenvalue weighted by atomic mass is 14.9. The van der Waals surface area contributed by atoms with E-state index in [9.17, 15) is 0 Å². The second kappa shape index (κ2) is 4.38. The summed E-state index contributed by atoms with van der Waals surface area (Å²) in [6.07, 6.45) is 9.44. The molecule has 0 aliphatic heterocycles. The highest BCUT2D eigenvalue weighted by molar-refractivity contribution is 4.87. The number of nitrogens with one attached hydrogen (secondary N) is 1. The number of nitrogens with two attached hydrogens (primary N) is 1. The van der Waals surface area contributed by atoms with Gasteiger partial charge in [0.25, 0.3) is 0 Å². The Hall–Kier alpha value is -0.520. The van der Waals surface area contributed by atoms with E-state index in [-0.39, 0.29) is 0 Å². The smallest absolute Gasteiger partial charge is 0.0211 e. The molecule has 2 atom stereocenters. The third-order valence-corrected chi connectivity index (χ3v) is 2.18. The molecule has 0 aromatic rings. The van der Waals surface area contributed by atoms with Gasteiger partial charge in [-0.05, 0) is 19.3 Å². The van der Waals surface area contributed by atoms with Crippen LogP contribution in [0.25, 0.3) is 0 Å². The third kappa shape index (κ3) is 2.92.